The Kier molecular flexibility index (Phi) is 10.0. The Labute approximate surface area is 175 Å². The number of rotatable bonds is 7. The maximum atomic E-state index is 13.7. The molecule has 3 N–H and O–H groups in total. The molecule has 0 saturated heterocycles. The molecule has 5 nitrogen and oxygen atoms in total. The molecule has 0 spiro atoms. The van der Waals surface area contributed by atoms with Gasteiger partial charge in [-0.1, -0.05) is 18.2 Å². The molecule has 2 aromatic rings. The van der Waals surface area contributed by atoms with Crippen molar-refractivity contribution >= 4 is 41.3 Å². The summed E-state index contributed by atoms with van der Waals surface area (Å²) in [6.45, 7) is 7.53. The number of aryl methyl sites for hydroxylation is 2. The van der Waals surface area contributed by atoms with Crippen LogP contribution in [0.15, 0.2) is 29.3 Å². The summed E-state index contributed by atoms with van der Waals surface area (Å²) in [6.07, 6.45) is -0.166. The highest BCUT2D eigenvalue weighted by atomic mass is 127. The van der Waals surface area contributed by atoms with Crippen LogP contribution in [0.5, 0.6) is 0 Å². The van der Waals surface area contributed by atoms with Gasteiger partial charge in [0.1, 0.15) is 11.9 Å². The molecule has 0 saturated carbocycles. The lowest BCUT2D eigenvalue weighted by molar-refractivity contribution is 0.182. The van der Waals surface area contributed by atoms with Gasteiger partial charge in [0.2, 0.25) is 0 Å². The predicted octanol–water partition coefficient (Wildman–Crippen LogP) is 3.35. The van der Waals surface area contributed by atoms with Crippen LogP contribution < -0.4 is 10.6 Å². The number of nitrogens with one attached hydrogen (secondary N) is 2. The third kappa shape index (κ3) is 6.81. The number of aliphatic hydroxyl groups excluding tert-OH is 1. The largest absolute Gasteiger partial charge is 0.386 e. The summed E-state index contributed by atoms with van der Waals surface area (Å²) in [5.41, 5.74) is 1.34. The Morgan fingerprint density at radius 1 is 1.31 bits per heavy atom. The highest BCUT2D eigenvalue weighted by Crippen LogP contribution is 2.17. The van der Waals surface area contributed by atoms with Crippen molar-refractivity contribution in [3.05, 3.63) is 51.2 Å². The van der Waals surface area contributed by atoms with Crippen LogP contribution in [0.25, 0.3) is 0 Å². The minimum atomic E-state index is -0.971. The second kappa shape index (κ2) is 11.5. The zero-order valence-corrected chi connectivity index (χ0v) is 18.4. The van der Waals surface area contributed by atoms with Gasteiger partial charge in [0, 0.05) is 30.0 Å². The SMILES string of the molecule is CCNC(=NCC(O)c1ccccc1F)NCCc1nc(C)c(C)s1.I. The van der Waals surface area contributed by atoms with Gasteiger partial charge < -0.3 is 15.7 Å². The predicted molar refractivity (Wildman–Crippen MR) is 116 cm³/mol. The van der Waals surface area contributed by atoms with Crippen molar-refractivity contribution in [3.63, 3.8) is 0 Å². The van der Waals surface area contributed by atoms with Crippen molar-refractivity contribution < 1.29 is 9.50 Å². The molecule has 1 unspecified atom stereocenters. The van der Waals surface area contributed by atoms with E-state index in [4.69, 9.17) is 0 Å². The third-order valence-electron chi connectivity index (χ3n) is 3.73. The second-order valence-electron chi connectivity index (χ2n) is 5.68. The molecule has 144 valence electrons. The molecule has 1 aromatic heterocycles. The van der Waals surface area contributed by atoms with Crippen molar-refractivity contribution in [1.29, 1.82) is 0 Å². The number of aromatic nitrogens is 1. The van der Waals surface area contributed by atoms with E-state index in [2.05, 4.69) is 27.5 Å². The van der Waals surface area contributed by atoms with E-state index >= 15 is 0 Å². The first-order valence-electron chi connectivity index (χ1n) is 8.38. The first-order valence-corrected chi connectivity index (χ1v) is 9.20. The van der Waals surface area contributed by atoms with E-state index in [-0.39, 0.29) is 36.1 Å². The van der Waals surface area contributed by atoms with E-state index in [0.29, 0.717) is 19.0 Å². The highest BCUT2D eigenvalue weighted by molar-refractivity contribution is 14.0. The maximum Gasteiger partial charge on any atom is 0.191 e. The normalized spacial score (nSPS) is 12.4. The first kappa shape index (κ1) is 22.8. The third-order valence-corrected chi connectivity index (χ3v) is 4.87. The van der Waals surface area contributed by atoms with Gasteiger partial charge in [0.15, 0.2) is 5.96 Å². The van der Waals surface area contributed by atoms with Gasteiger partial charge in [0.25, 0.3) is 0 Å². The van der Waals surface area contributed by atoms with Crippen LogP contribution >= 0.6 is 35.3 Å². The van der Waals surface area contributed by atoms with E-state index in [0.717, 1.165) is 17.1 Å². The number of aliphatic hydroxyl groups is 1. The van der Waals surface area contributed by atoms with Crippen LogP contribution in [0.1, 0.15) is 34.2 Å². The average molecular weight is 492 g/mol. The minimum Gasteiger partial charge on any atom is -0.386 e. The summed E-state index contributed by atoms with van der Waals surface area (Å²) in [4.78, 5) is 10.1. The van der Waals surface area contributed by atoms with Crippen LogP contribution in [0.4, 0.5) is 4.39 Å². The highest BCUT2D eigenvalue weighted by Gasteiger charge is 2.12. The summed E-state index contributed by atoms with van der Waals surface area (Å²) < 4.78 is 13.7. The van der Waals surface area contributed by atoms with Gasteiger partial charge in [-0.05, 0) is 26.8 Å². The van der Waals surface area contributed by atoms with Crippen LogP contribution in [0.2, 0.25) is 0 Å². The number of hydrogen-bond donors (Lipinski definition) is 3. The standard InChI is InChI=1S/C18H25FN4OS.HI/c1-4-20-18(21-10-9-17-23-12(2)13(3)25-17)22-11-16(24)14-7-5-6-8-15(14)19;/h5-8,16,24H,4,9-11H2,1-3H3,(H2,20,21,22);1H. The topological polar surface area (TPSA) is 69.5 Å². The lowest BCUT2D eigenvalue weighted by atomic mass is 10.1. The molecule has 1 aromatic carbocycles. The summed E-state index contributed by atoms with van der Waals surface area (Å²) in [5, 5.41) is 17.6. The summed E-state index contributed by atoms with van der Waals surface area (Å²) >= 11 is 1.70. The number of nitrogens with zero attached hydrogens (tertiary/aromatic N) is 2. The van der Waals surface area contributed by atoms with Crippen molar-refractivity contribution in [1.82, 2.24) is 15.6 Å². The summed E-state index contributed by atoms with van der Waals surface area (Å²) in [5.74, 6) is 0.181. The first-order chi connectivity index (χ1) is 12.0. The Morgan fingerprint density at radius 3 is 2.65 bits per heavy atom. The van der Waals surface area contributed by atoms with Crippen LogP contribution in [-0.2, 0) is 6.42 Å². The molecule has 0 aliphatic heterocycles. The quantitative estimate of drug-likeness (QED) is 0.315. The molecule has 0 bridgehead atoms. The van der Waals surface area contributed by atoms with Gasteiger partial charge in [-0.25, -0.2) is 9.37 Å². The van der Waals surface area contributed by atoms with Crippen LogP contribution in [0, 0.1) is 19.7 Å². The lowest BCUT2D eigenvalue weighted by Crippen LogP contribution is -2.38. The number of guanidine groups is 1. The number of hydrogen-bond acceptors (Lipinski definition) is 4. The molecular formula is C18H26FIN4OS. The van der Waals surface area contributed by atoms with E-state index in [9.17, 15) is 9.50 Å². The molecule has 1 heterocycles. The van der Waals surface area contributed by atoms with Crippen LogP contribution in [0.3, 0.4) is 0 Å². The molecule has 1 atom stereocenters. The molecule has 2 rings (SSSR count). The van der Waals surface area contributed by atoms with Crippen molar-refractivity contribution in [2.75, 3.05) is 19.6 Å². The van der Waals surface area contributed by atoms with E-state index in [1.54, 1.807) is 29.5 Å². The number of thiazole rings is 1. The molecule has 8 heteroatoms. The molecule has 0 aliphatic carbocycles. The molecule has 0 aliphatic rings. The average Bonchev–Trinajstić information content (AvgIpc) is 2.90. The Bertz CT molecular complexity index is 703. The number of aliphatic imine (C=N–C) groups is 1. The maximum absolute atomic E-state index is 13.7. The molecule has 0 radical (unpaired) electrons. The van der Waals surface area contributed by atoms with E-state index in [1.807, 2.05) is 13.8 Å². The van der Waals surface area contributed by atoms with E-state index < -0.39 is 11.9 Å². The zero-order chi connectivity index (χ0) is 18.2. The fraction of sp³-hybridized carbons (Fsp3) is 0.444. The van der Waals surface area contributed by atoms with Gasteiger partial charge in [0.05, 0.1) is 17.2 Å². The fourth-order valence-electron chi connectivity index (χ4n) is 2.30. The molecule has 26 heavy (non-hydrogen) atoms. The van der Waals surface area contributed by atoms with Gasteiger partial charge in [-0.2, -0.15) is 0 Å². The molecular weight excluding hydrogens is 466 g/mol. The zero-order valence-electron chi connectivity index (χ0n) is 15.3. The van der Waals surface area contributed by atoms with E-state index in [1.165, 1.54) is 10.9 Å². The molecule has 0 fully saturated rings. The van der Waals surface area contributed by atoms with Crippen molar-refractivity contribution in [2.45, 2.75) is 33.3 Å². The lowest BCUT2D eigenvalue weighted by Gasteiger charge is -2.13. The second-order valence-corrected chi connectivity index (χ2v) is 6.97. The Hall–Kier alpha value is -1.26. The Morgan fingerprint density at radius 2 is 2.04 bits per heavy atom. The smallest absolute Gasteiger partial charge is 0.191 e. The van der Waals surface area contributed by atoms with Gasteiger partial charge >= 0.3 is 0 Å². The summed E-state index contributed by atoms with van der Waals surface area (Å²) in [7, 11) is 0. The van der Waals surface area contributed by atoms with Gasteiger partial charge in [-0.15, -0.1) is 35.3 Å². The molecule has 0 amide bonds. The van der Waals surface area contributed by atoms with Gasteiger partial charge in [-0.3, -0.25) is 4.99 Å². The van der Waals surface area contributed by atoms with Crippen molar-refractivity contribution in [3.8, 4) is 0 Å². The minimum absolute atomic E-state index is 0. The fourth-order valence-corrected chi connectivity index (χ4v) is 3.23. The monoisotopic (exact) mass is 492 g/mol. The number of halogens is 2. The summed E-state index contributed by atoms with van der Waals surface area (Å²) in [6, 6.07) is 6.21. The van der Waals surface area contributed by atoms with Crippen LogP contribution in [-0.4, -0.2) is 35.7 Å². The number of benzene rings is 1. The Balaban J connectivity index is 0.00000338. The van der Waals surface area contributed by atoms with Crippen molar-refractivity contribution in [2.24, 2.45) is 4.99 Å².